The number of nitrogens with zero attached hydrogens (tertiary/aromatic N) is 1. The highest BCUT2D eigenvalue weighted by Gasteiger charge is 1.93. The Bertz CT molecular complexity index is 173. The first-order valence-corrected chi connectivity index (χ1v) is 4.73. The minimum atomic E-state index is 0.147. The lowest BCUT2D eigenvalue weighted by Crippen LogP contribution is -2.05. The first-order chi connectivity index (χ1) is 6.31. The molecular weight excluding hydrogens is 162 g/mol. The van der Waals surface area contributed by atoms with Crippen molar-refractivity contribution in [1.82, 2.24) is 0 Å². The summed E-state index contributed by atoms with van der Waals surface area (Å²) < 4.78 is 5.48. The van der Waals surface area contributed by atoms with E-state index in [2.05, 4.69) is 18.5 Å². The molecular formula is C11H19NO. The third-order valence-electron chi connectivity index (χ3n) is 1.51. The van der Waals surface area contributed by atoms with Crippen LogP contribution in [-0.4, -0.2) is 18.9 Å². The van der Waals surface area contributed by atoms with Crippen LogP contribution in [0, 0.1) is 0 Å². The molecule has 13 heavy (non-hydrogen) atoms. The van der Waals surface area contributed by atoms with Gasteiger partial charge < -0.3 is 4.74 Å². The van der Waals surface area contributed by atoms with Crippen molar-refractivity contribution in [2.75, 3.05) is 6.61 Å². The third-order valence-corrected chi connectivity index (χ3v) is 1.51. The zero-order chi connectivity index (χ0) is 9.94. The van der Waals surface area contributed by atoms with Gasteiger partial charge in [0.15, 0.2) is 0 Å². The van der Waals surface area contributed by atoms with Crippen molar-refractivity contribution in [3.63, 3.8) is 0 Å². The molecule has 1 unspecified atom stereocenters. The van der Waals surface area contributed by atoms with E-state index < -0.39 is 0 Å². The molecule has 0 saturated carbocycles. The molecule has 0 aromatic heterocycles. The molecule has 0 aliphatic carbocycles. The molecule has 0 N–H and O–H groups in total. The molecule has 0 bridgehead atoms. The Kier molecular flexibility index (Phi) is 8.57. The number of aliphatic imine (C=N–C) groups is 1. The van der Waals surface area contributed by atoms with E-state index in [0.717, 1.165) is 13.0 Å². The van der Waals surface area contributed by atoms with Gasteiger partial charge in [0.2, 0.25) is 0 Å². The summed E-state index contributed by atoms with van der Waals surface area (Å²) in [6.07, 6.45) is 9.39. The van der Waals surface area contributed by atoms with Crippen molar-refractivity contribution in [1.29, 1.82) is 0 Å². The second-order valence-electron chi connectivity index (χ2n) is 2.80. The molecule has 1 atom stereocenters. The van der Waals surface area contributed by atoms with Gasteiger partial charge in [0.05, 0.1) is 6.10 Å². The highest BCUT2D eigenvalue weighted by molar-refractivity contribution is 5.70. The predicted octanol–water partition coefficient (Wildman–Crippen LogP) is 2.96. The number of allylic oxidation sites excluding steroid dienone is 1. The SMILES string of the molecule is C=CC=NC=CC(C)OCCCC. The first-order valence-electron chi connectivity index (χ1n) is 4.73. The molecule has 0 aromatic rings. The molecule has 2 heteroatoms. The molecule has 0 aliphatic rings. The van der Waals surface area contributed by atoms with E-state index in [-0.39, 0.29) is 6.10 Å². The van der Waals surface area contributed by atoms with Gasteiger partial charge in [-0.2, -0.15) is 0 Å². The molecule has 0 aromatic carbocycles. The van der Waals surface area contributed by atoms with Crippen molar-refractivity contribution in [2.24, 2.45) is 4.99 Å². The van der Waals surface area contributed by atoms with Crippen LogP contribution in [0.3, 0.4) is 0 Å². The standard InChI is InChI=1S/C11H19NO/c1-4-6-10-13-11(3)7-9-12-8-5-2/h5,7-9,11H,2,4,6,10H2,1,3H3. The van der Waals surface area contributed by atoms with E-state index in [1.807, 2.05) is 13.0 Å². The van der Waals surface area contributed by atoms with Crippen LogP contribution in [-0.2, 0) is 4.74 Å². The summed E-state index contributed by atoms with van der Waals surface area (Å²) in [7, 11) is 0. The lowest BCUT2D eigenvalue weighted by molar-refractivity contribution is 0.0949. The molecule has 0 saturated heterocycles. The van der Waals surface area contributed by atoms with Gasteiger partial charge in [-0.3, -0.25) is 4.99 Å². The molecule has 0 spiro atoms. The summed E-state index contributed by atoms with van der Waals surface area (Å²) in [4.78, 5) is 3.95. The van der Waals surface area contributed by atoms with Gasteiger partial charge >= 0.3 is 0 Å². The maximum absolute atomic E-state index is 5.48. The van der Waals surface area contributed by atoms with E-state index in [0.29, 0.717) is 0 Å². The summed E-state index contributed by atoms with van der Waals surface area (Å²) >= 11 is 0. The van der Waals surface area contributed by atoms with Crippen molar-refractivity contribution in [3.8, 4) is 0 Å². The largest absolute Gasteiger partial charge is 0.374 e. The zero-order valence-corrected chi connectivity index (χ0v) is 8.57. The summed E-state index contributed by atoms with van der Waals surface area (Å²) in [5, 5.41) is 0. The molecule has 0 aliphatic heterocycles. The molecule has 0 radical (unpaired) electrons. The number of hydrogen-bond acceptors (Lipinski definition) is 2. The van der Waals surface area contributed by atoms with E-state index in [1.54, 1.807) is 18.5 Å². The van der Waals surface area contributed by atoms with Crippen LogP contribution in [0.5, 0.6) is 0 Å². The van der Waals surface area contributed by atoms with Crippen LogP contribution in [0.2, 0.25) is 0 Å². The highest BCUT2D eigenvalue weighted by atomic mass is 16.5. The van der Waals surface area contributed by atoms with Crippen LogP contribution in [0.25, 0.3) is 0 Å². The topological polar surface area (TPSA) is 21.6 Å². The maximum atomic E-state index is 5.48. The van der Waals surface area contributed by atoms with Crippen LogP contribution >= 0.6 is 0 Å². The second kappa shape index (κ2) is 9.20. The van der Waals surface area contributed by atoms with Gasteiger partial charge in [0.25, 0.3) is 0 Å². The number of ether oxygens (including phenoxy) is 1. The average Bonchev–Trinajstić information content (AvgIpc) is 2.13. The van der Waals surface area contributed by atoms with E-state index in [4.69, 9.17) is 4.74 Å². The minimum Gasteiger partial charge on any atom is -0.374 e. The van der Waals surface area contributed by atoms with Gasteiger partial charge in [-0.1, -0.05) is 26.0 Å². The maximum Gasteiger partial charge on any atom is 0.0745 e. The predicted molar refractivity (Wildman–Crippen MR) is 58.2 cm³/mol. The van der Waals surface area contributed by atoms with Crippen LogP contribution < -0.4 is 0 Å². The Morgan fingerprint density at radius 3 is 2.92 bits per heavy atom. The van der Waals surface area contributed by atoms with Crippen LogP contribution in [0.15, 0.2) is 29.9 Å². The van der Waals surface area contributed by atoms with Crippen molar-refractivity contribution >= 4 is 6.21 Å². The fourth-order valence-corrected chi connectivity index (χ4v) is 0.751. The molecule has 2 nitrogen and oxygen atoms in total. The van der Waals surface area contributed by atoms with Gasteiger partial charge in [-0.25, -0.2) is 0 Å². The Balaban J connectivity index is 3.48. The van der Waals surface area contributed by atoms with Crippen LogP contribution in [0.1, 0.15) is 26.7 Å². The van der Waals surface area contributed by atoms with E-state index in [1.165, 1.54) is 6.42 Å². The molecule has 0 amide bonds. The Labute approximate surface area is 81.0 Å². The Morgan fingerprint density at radius 1 is 1.54 bits per heavy atom. The van der Waals surface area contributed by atoms with Crippen molar-refractivity contribution in [2.45, 2.75) is 32.8 Å². The van der Waals surface area contributed by atoms with Gasteiger partial charge in [0, 0.05) is 19.0 Å². The lowest BCUT2D eigenvalue weighted by atomic mass is 10.3. The molecule has 0 fully saturated rings. The van der Waals surface area contributed by atoms with E-state index >= 15 is 0 Å². The quantitative estimate of drug-likeness (QED) is 0.437. The van der Waals surface area contributed by atoms with Gasteiger partial charge in [-0.05, 0) is 19.4 Å². The van der Waals surface area contributed by atoms with Crippen molar-refractivity contribution in [3.05, 3.63) is 24.9 Å². The normalized spacial score (nSPS) is 14.0. The monoisotopic (exact) mass is 181 g/mol. The molecule has 74 valence electrons. The van der Waals surface area contributed by atoms with Gasteiger partial charge in [-0.15, -0.1) is 0 Å². The molecule has 0 heterocycles. The Hall–Kier alpha value is -0.890. The van der Waals surface area contributed by atoms with Crippen LogP contribution in [0.4, 0.5) is 0 Å². The first kappa shape index (κ1) is 12.1. The minimum absolute atomic E-state index is 0.147. The Morgan fingerprint density at radius 2 is 2.31 bits per heavy atom. The average molecular weight is 181 g/mol. The summed E-state index contributed by atoms with van der Waals surface area (Å²) in [6, 6.07) is 0. The summed E-state index contributed by atoms with van der Waals surface area (Å²) in [5.74, 6) is 0. The molecule has 0 rings (SSSR count). The lowest BCUT2D eigenvalue weighted by Gasteiger charge is -2.06. The number of rotatable bonds is 7. The van der Waals surface area contributed by atoms with Gasteiger partial charge in [0.1, 0.15) is 0 Å². The number of unbranched alkanes of at least 4 members (excludes halogenated alkanes) is 1. The second-order valence-corrected chi connectivity index (χ2v) is 2.80. The smallest absolute Gasteiger partial charge is 0.0745 e. The summed E-state index contributed by atoms with van der Waals surface area (Å²) in [5.41, 5.74) is 0. The fourth-order valence-electron chi connectivity index (χ4n) is 0.751. The zero-order valence-electron chi connectivity index (χ0n) is 8.57. The number of hydrogen-bond donors (Lipinski definition) is 0. The fraction of sp³-hybridized carbons (Fsp3) is 0.545. The van der Waals surface area contributed by atoms with Crippen molar-refractivity contribution < 1.29 is 4.74 Å². The third kappa shape index (κ3) is 9.02. The summed E-state index contributed by atoms with van der Waals surface area (Å²) in [6.45, 7) is 8.51. The van der Waals surface area contributed by atoms with E-state index in [9.17, 15) is 0 Å². The highest BCUT2D eigenvalue weighted by Crippen LogP contribution is 1.96.